The van der Waals surface area contributed by atoms with Crippen LogP contribution in [0.1, 0.15) is 49.9 Å². The Hall–Kier alpha value is -4.44. The summed E-state index contributed by atoms with van der Waals surface area (Å²) in [7, 11) is -3.90. The van der Waals surface area contributed by atoms with Crippen LogP contribution in [0.15, 0.2) is 109 Å². The number of nitrogens with zero attached hydrogens (tertiary/aromatic N) is 3. The molecule has 11 heteroatoms. The van der Waals surface area contributed by atoms with E-state index in [4.69, 9.17) is 32.9 Å². The summed E-state index contributed by atoms with van der Waals surface area (Å²) in [5, 5.41) is 10.7. The van der Waals surface area contributed by atoms with E-state index in [1.54, 1.807) is 36.4 Å². The molecule has 1 saturated carbocycles. The zero-order valence-electron chi connectivity index (χ0n) is 26.7. The van der Waals surface area contributed by atoms with Crippen molar-refractivity contribution >= 4 is 39.1 Å². The average molecular weight is 716 g/mol. The van der Waals surface area contributed by atoms with Crippen molar-refractivity contribution in [3.8, 4) is 33.8 Å². The van der Waals surface area contributed by atoms with E-state index in [0.717, 1.165) is 69.0 Å². The topological polar surface area (TPSA) is 96.7 Å². The molecule has 0 saturated heterocycles. The standard InChI is InChI=1S/C38H36Cl2N4O4S/c39-30-12-19-34(35(40)23-30)36-24-43(31-13-15-32(16-14-31)44-25-38(45)42-49(44,46)47)37(41-36)22-27-6-8-28(9-7-27)29-10-17-33(18-11-29)48-21-20-26-4-2-1-3-5-26/h6-19,23-26,42,45H,1-5,20-22H2. The Morgan fingerprint density at radius 1 is 0.857 bits per heavy atom. The molecule has 49 heavy (non-hydrogen) atoms. The van der Waals surface area contributed by atoms with Crippen LogP contribution in [-0.4, -0.2) is 29.7 Å². The van der Waals surface area contributed by atoms with Gasteiger partial charge in [0, 0.05) is 28.9 Å². The molecule has 4 aromatic carbocycles. The summed E-state index contributed by atoms with van der Waals surface area (Å²) in [6, 6.07) is 29.0. The Balaban J connectivity index is 1.10. The van der Waals surface area contributed by atoms with Crippen LogP contribution in [0.25, 0.3) is 28.1 Å². The third-order valence-electron chi connectivity index (χ3n) is 9.12. The van der Waals surface area contributed by atoms with Gasteiger partial charge in [0.05, 0.1) is 29.2 Å². The van der Waals surface area contributed by atoms with E-state index in [2.05, 4.69) is 41.1 Å². The molecule has 252 valence electrons. The predicted octanol–water partition coefficient (Wildman–Crippen LogP) is 9.46. The van der Waals surface area contributed by atoms with Crippen LogP contribution < -0.4 is 13.8 Å². The monoisotopic (exact) mass is 714 g/mol. The first-order chi connectivity index (χ1) is 23.7. The maximum atomic E-state index is 12.4. The largest absolute Gasteiger partial charge is 0.494 e. The van der Waals surface area contributed by atoms with E-state index in [9.17, 15) is 13.5 Å². The Bertz CT molecular complexity index is 2070. The fourth-order valence-corrected chi connectivity index (χ4v) is 8.07. The van der Waals surface area contributed by atoms with E-state index in [1.807, 2.05) is 29.0 Å². The second-order valence-electron chi connectivity index (χ2n) is 12.5. The van der Waals surface area contributed by atoms with Gasteiger partial charge in [-0.1, -0.05) is 91.7 Å². The molecule has 1 aliphatic heterocycles. The van der Waals surface area contributed by atoms with Crippen LogP contribution in [0.2, 0.25) is 10.0 Å². The van der Waals surface area contributed by atoms with Gasteiger partial charge in [0.15, 0.2) is 0 Å². The number of benzene rings is 4. The molecule has 7 rings (SSSR count). The van der Waals surface area contributed by atoms with Crippen molar-refractivity contribution in [2.24, 2.45) is 5.92 Å². The summed E-state index contributed by atoms with van der Waals surface area (Å²) in [5.74, 6) is 2.03. The van der Waals surface area contributed by atoms with Crippen LogP contribution in [0.4, 0.5) is 5.69 Å². The zero-order valence-corrected chi connectivity index (χ0v) is 29.1. The van der Waals surface area contributed by atoms with Crippen LogP contribution in [-0.2, 0) is 16.6 Å². The van der Waals surface area contributed by atoms with E-state index in [-0.39, 0.29) is 0 Å². The molecular formula is C38H36Cl2N4O4S. The number of aliphatic hydroxyl groups excluding tert-OH is 1. The lowest BCUT2D eigenvalue weighted by atomic mass is 9.87. The number of anilines is 1. The third kappa shape index (κ3) is 7.59. The summed E-state index contributed by atoms with van der Waals surface area (Å²) < 4.78 is 35.8. The SMILES string of the molecule is O=S1(=O)NC(O)=CN1c1ccc(-n2cc(-c3ccc(Cl)cc3Cl)nc2Cc2ccc(-c3ccc(OCCC4CCCCC4)cc3)cc2)cc1. The van der Waals surface area contributed by atoms with E-state index in [0.29, 0.717) is 27.8 Å². The molecule has 0 amide bonds. The van der Waals surface area contributed by atoms with Gasteiger partial charge in [-0.3, -0.25) is 0 Å². The number of halogens is 2. The molecular weight excluding hydrogens is 679 g/mol. The first kappa shape index (κ1) is 33.1. The quantitative estimate of drug-likeness (QED) is 0.150. The normalized spacial score (nSPS) is 16.0. The lowest BCUT2D eigenvalue weighted by molar-refractivity contribution is 0.246. The lowest BCUT2D eigenvalue weighted by Gasteiger charge is -2.21. The molecule has 2 heterocycles. The number of aromatic nitrogens is 2. The molecule has 8 nitrogen and oxygen atoms in total. The van der Waals surface area contributed by atoms with Crippen molar-refractivity contribution < 1.29 is 18.3 Å². The number of imidazole rings is 1. The lowest BCUT2D eigenvalue weighted by Crippen LogP contribution is -2.29. The molecule has 0 unspecified atom stereocenters. The van der Waals surface area contributed by atoms with Crippen LogP contribution in [0.3, 0.4) is 0 Å². The van der Waals surface area contributed by atoms with Gasteiger partial charge >= 0.3 is 10.2 Å². The third-order valence-corrected chi connectivity index (χ3v) is 11.0. The molecule has 0 radical (unpaired) electrons. The second-order valence-corrected chi connectivity index (χ2v) is 14.9. The Labute approximate surface area is 296 Å². The summed E-state index contributed by atoms with van der Waals surface area (Å²) in [6.45, 7) is 0.768. The first-order valence-electron chi connectivity index (χ1n) is 16.4. The van der Waals surface area contributed by atoms with Gasteiger partial charge < -0.3 is 14.4 Å². The van der Waals surface area contributed by atoms with Crippen molar-refractivity contribution in [2.45, 2.75) is 44.9 Å². The van der Waals surface area contributed by atoms with Gasteiger partial charge in [-0.15, -0.1) is 0 Å². The minimum atomic E-state index is -3.90. The zero-order chi connectivity index (χ0) is 34.0. The predicted molar refractivity (Wildman–Crippen MR) is 196 cm³/mol. The van der Waals surface area contributed by atoms with E-state index < -0.39 is 16.1 Å². The van der Waals surface area contributed by atoms with Gasteiger partial charge in [0.1, 0.15) is 11.6 Å². The average Bonchev–Trinajstić information content (AvgIpc) is 3.64. The Morgan fingerprint density at radius 3 is 2.18 bits per heavy atom. The van der Waals surface area contributed by atoms with Gasteiger partial charge in [0.25, 0.3) is 0 Å². The molecule has 1 fully saturated rings. The summed E-state index contributed by atoms with van der Waals surface area (Å²) in [4.78, 5) is 4.98. The molecule has 0 bridgehead atoms. The van der Waals surface area contributed by atoms with Crippen LogP contribution in [0, 0.1) is 5.92 Å². The van der Waals surface area contributed by atoms with Crippen molar-refractivity contribution in [2.75, 3.05) is 10.9 Å². The smallest absolute Gasteiger partial charge is 0.330 e. The number of hydrogen-bond donors (Lipinski definition) is 2. The Morgan fingerprint density at radius 2 is 1.53 bits per heavy atom. The second kappa shape index (κ2) is 14.2. The maximum Gasteiger partial charge on any atom is 0.330 e. The number of aliphatic hydroxyl groups is 1. The molecule has 5 aromatic rings. The fraction of sp³-hybridized carbons (Fsp3) is 0.237. The summed E-state index contributed by atoms with van der Waals surface area (Å²) in [5.41, 5.74) is 5.86. The fourth-order valence-electron chi connectivity index (χ4n) is 6.52. The highest BCUT2D eigenvalue weighted by atomic mass is 35.5. The van der Waals surface area contributed by atoms with Gasteiger partial charge in [-0.25, -0.2) is 14.0 Å². The minimum absolute atomic E-state index is 0.373. The van der Waals surface area contributed by atoms with Crippen molar-refractivity contribution in [1.29, 1.82) is 0 Å². The summed E-state index contributed by atoms with van der Waals surface area (Å²) in [6.07, 6.45) is 11.4. The van der Waals surface area contributed by atoms with Crippen molar-refractivity contribution in [1.82, 2.24) is 14.3 Å². The maximum absolute atomic E-state index is 12.4. The molecule has 1 aromatic heterocycles. The number of ether oxygens (including phenoxy) is 1. The van der Waals surface area contributed by atoms with Crippen LogP contribution in [0.5, 0.6) is 5.75 Å². The van der Waals surface area contributed by atoms with Gasteiger partial charge in [-0.2, -0.15) is 8.42 Å². The number of hydrogen-bond acceptors (Lipinski definition) is 5. The van der Waals surface area contributed by atoms with Crippen LogP contribution >= 0.6 is 23.2 Å². The summed E-state index contributed by atoms with van der Waals surface area (Å²) >= 11 is 12.7. The van der Waals surface area contributed by atoms with Gasteiger partial charge in [-0.05, 0) is 83.6 Å². The Kier molecular flexibility index (Phi) is 9.58. The highest BCUT2D eigenvalue weighted by molar-refractivity contribution is 7.91. The van der Waals surface area contributed by atoms with E-state index in [1.165, 1.54) is 32.1 Å². The molecule has 1 aliphatic carbocycles. The number of nitrogens with one attached hydrogen (secondary N) is 1. The molecule has 0 atom stereocenters. The van der Waals surface area contributed by atoms with Crippen molar-refractivity contribution in [3.63, 3.8) is 0 Å². The van der Waals surface area contributed by atoms with Gasteiger partial charge in [0.2, 0.25) is 5.88 Å². The first-order valence-corrected chi connectivity index (χ1v) is 18.6. The highest BCUT2D eigenvalue weighted by Gasteiger charge is 2.28. The molecule has 0 spiro atoms. The molecule has 2 N–H and O–H groups in total. The number of rotatable bonds is 10. The molecule has 2 aliphatic rings. The highest BCUT2D eigenvalue weighted by Crippen LogP contribution is 2.33. The minimum Gasteiger partial charge on any atom is -0.494 e. The van der Waals surface area contributed by atoms with Crippen molar-refractivity contribution in [3.05, 3.63) is 131 Å². The van der Waals surface area contributed by atoms with E-state index >= 15 is 0 Å².